The summed E-state index contributed by atoms with van der Waals surface area (Å²) in [4.78, 5) is 16.6. The van der Waals surface area contributed by atoms with E-state index in [1.165, 1.54) is 0 Å². The number of nitrogens with two attached hydrogens (primary N) is 1. The molecule has 0 aliphatic rings. The molecule has 6 nitrogen and oxygen atoms in total. The van der Waals surface area contributed by atoms with Crippen LogP contribution in [0.15, 0.2) is 42.6 Å². The number of hydrogen-bond acceptors (Lipinski definition) is 5. The van der Waals surface area contributed by atoms with Crippen molar-refractivity contribution >= 4 is 30.7 Å². The monoisotopic (exact) mass is 443 g/mol. The number of amides is 1. The molecule has 2 rings (SSSR count). The van der Waals surface area contributed by atoms with Gasteiger partial charge in [-0.25, -0.2) is 4.98 Å². The Bertz CT molecular complexity index is 767. The Morgan fingerprint density at radius 2 is 1.79 bits per heavy atom. The van der Waals surface area contributed by atoms with Crippen LogP contribution in [-0.2, 0) is 11.3 Å². The highest BCUT2D eigenvalue weighted by atomic mass is 35.5. The molecule has 3 N–H and O–H groups in total. The highest BCUT2D eigenvalue weighted by Gasteiger charge is 2.27. The molecule has 0 bridgehead atoms. The zero-order chi connectivity index (χ0) is 19.9. The second-order valence-electron chi connectivity index (χ2n) is 7.43. The van der Waals surface area contributed by atoms with Gasteiger partial charge in [0.15, 0.2) is 11.5 Å². The van der Waals surface area contributed by atoms with Crippen molar-refractivity contribution in [3.05, 3.63) is 48.2 Å². The highest BCUT2D eigenvalue weighted by Crippen LogP contribution is 2.32. The molecule has 1 aromatic heterocycles. The lowest BCUT2D eigenvalue weighted by molar-refractivity contribution is -0.124. The van der Waals surface area contributed by atoms with Crippen LogP contribution in [0.5, 0.6) is 17.4 Å². The van der Waals surface area contributed by atoms with Crippen molar-refractivity contribution in [2.24, 2.45) is 11.1 Å². The number of ether oxygens (including phenoxy) is 2. The second-order valence-corrected chi connectivity index (χ2v) is 7.43. The molecule has 0 aliphatic carbocycles. The molecule has 0 aliphatic heterocycles. The van der Waals surface area contributed by atoms with Gasteiger partial charge in [0.05, 0.1) is 12.6 Å². The first-order chi connectivity index (χ1) is 12.8. The van der Waals surface area contributed by atoms with Crippen LogP contribution in [0, 0.1) is 5.41 Å². The van der Waals surface area contributed by atoms with Crippen LogP contribution < -0.4 is 20.5 Å². The summed E-state index contributed by atoms with van der Waals surface area (Å²) in [6.07, 6.45) is 2.56. The van der Waals surface area contributed by atoms with Crippen molar-refractivity contribution < 1.29 is 14.3 Å². The molecular formula is C21H31Cl2N3O3. The van der Waals surface area contributed by atoms with Gasteiger partial charge in [0.25, 0.3) is 0 Å². The third-order valence-electron chi connectivity index (χ3n) is 4.04. The summed E-state index contributed by atoms with van der Waals surface area (Å²) in [5.41, 5.74) is 6.46. The van der Waals surface area contributed by atoms with Gasteiger partial charge in [-0.05, 0) is 30.0 Å². The van der Waals surface area contributed by atoms with Gasteiger partial charge in [-0.15, -0.1) is 24.8 Å². The quantitative estimate of drug-likeness (QED) is 0.626. The van der Waals surface area contributed by atoms with Crippen molar-refractivity contribution in [3.63, 3.8) is 0 Å². The Labute approximate surface area is 185 Å². The van der Waals surface area contributed by atoms with Crippen molar-refractivity contribution in [2.75, 3.05) is 6.61 Å². The predicted molar refractivity (Wildman–Crippen MR) is 120 cm³/mol. The molecule has 0 radical (unpaired) electrons. The number of halogens is 2. The number of carbonyl (C=O) groups excluding carboxylic acids is 1. The number of para-hydroxylation sites is 2. The molecule has 1 heterocycles. The van der Waals surface area contributed by atoms with Gasteiger partial charge in [0.2, 0.25) is 11.8 Å². The van der Waals surface area contributed by atoms with Gasteiger partial charge in [-0.3, -0.25) is 4.79 Å². The van der Waals surface area contributed by atoms with Crippen LogP contribution in [0.2, 0.25) is 0 Å². The molecule has 0 fully saturated rings. The van der Waals surface area contributed by atoms with Gasteiger partial charge < -0.3 is 20.5 Å². The molecular weight excluding hydrogens is 413 g/mol. The van der Waals surface area contributed by atoms with Gasteiger partial charge >= 0.3 is 0 Å². The third-order valence-corrected chi connectivity index (χ3v) is 4.04. The number of nitrogens with one attached hydrogen (secondary N) is 1. The highest BCUT2D eigenvalue weighted by molar-refractivity contribution is 5.85. The molecule has 1 aromatic carbocycles. The van der Waals surface area contributed by atoms with Crippen molar-refractivity contribution in [3.8, 4) is 17.4 Å². The lowest BCUT2D eigenvalue weighted by Gasteiger charge is -2.25. The zero-order valence-corrected chi connectivity index (χ0v) is 18.9. The van der Waals surface area contributed by atoms with Crippen LogP contribution in [0.4, 0.5) is 0 Å². The number of aromatic nitrogens is 1. The standard InChI is InChI=1S/C21H29N3O3.2ClH/c1-5-13-26-16-10-6-7-11-17(16)27-20-15(9-8-12-23-20)14-24-19(25)18(22)21(2,3)4;;/h6-12,18H,5,13-14,22H2,1-4H3,(H,24,25);2*1H/t18-;;/m1../s1. The topological polar surface area (TPSA) is 86.5 Å². The second kappa shape index (κ2) is 12.5. The molecule has 0 unspecified atom stereocenters. The zero-order valence-electron chi connectivity index (χ0n) is 17.3. The fourth-order valence-corrected chi connectivity index (χ4v) is 2.31. The van der Waals surface area contributed by atoms with Gasteiger partial charge in [0.1, 0.15) is 0 Å². The van der Waals surface area contributed by atoms with Crippen molar-refractivity contribution in [2.45, 2.75) is 46.7 Å². The minimum absolute atomic E-state index is 0. The van der Waals surface area contributed by atoms with E-state index in [1.54, 1.807) is 12.3 Å². The van der Waals surface area contributed by atoms with E-state index in [4.69, 9.17) is 15.2 Å². The van der Waals surface area contributed by atoms with Gasteiger partial charge in [-0.1, -0.05) is 45.9 Å². The van der Waals surface area contributed by atoms with Crippen molar-refractivity contribution in [1.29, 1.82) is 0 Å². The first-order valence-corrected chi connectivity index (χ1v) is 9.19. The molecule has 0 spiro atoms. The Morgan fingerprint density at radius 3 is 2.41 bits per heavy atom. The Morgan fingerprint density at radius 1 is 1.14 bits per heavy atom. The van der Waals surface area contributed by atoms with Crippen LogP contribution in [0.3, 0.4) is 0 Å². The summed E-state index contributed by atoms with van der Waals surface area (Å²) >= 11 is 0. The smallest absolute Gasteiger partial charge is 0.237 e. The molecule has 2 aromatic rings. The number of rotatable bonds is 8. The largest absolute Gasteiger partial charge is 0.490 e. The normalized spacial score (nSPS) is 11.5. The number of hydrogen-bond donors (Lipinski definition) is 2. The van der Waals surface area contributed by atoms with Crippen LogP contribution in [-0.4, -0.2) is 23.5 Å². The fourth-order valence-electron chi connectivity index (χ4n) is 2.31. The summed E-state index contributed by atoms with van der Waals surface area (Å²) in [6, 6.07) is 10.5. The van der Waals surface area contributed by atoms with E-state index in [9.17, 15) is 4.79 Å². The molecule has 29 heavy (non-hydrogen) atoms. The first-order valence-electron chi connectivity index (χ1n) is 9.19. The average molecular weight is 444 g/mol. The van der Waals surface area contributed by atoms with Crippen LogP contribution >= 0.6 is 24.8 Å². The van der Waals surface area contributed by atoms with Gasteiger partial charge in [0, 0.05) is 18.3 Å². The van der Waals surface area contributed by atoms with E-state index >= 15 is 0 Å². The number of pyridine rings is 1. The summed E-state index contributed by atoms with van der Waals surface area (Å²) in [5.74, 6) is 1.47. The third kappa shape index (κ3) is 8.09. The molecule has 1 amide bonds. The van der Waals surface area contributed by atoms with Gasteiger partial charge in [-0.2, -0.15) is 0 Å². The van der Waals surface area contributed by atoms with E-state index in [0.29, 0.717) is 24.0 Å². The lowest BCUT2D eigenvalue weighted by Crippen LogP contribution is -2.48. The molecule has 1 atom stereocenters. The lowest BCUT2D eigenvalue weighted by atomic mass is 9.87. The molecule has 162 valence electrons. The molecule has 0 saturated heterocycles. The summed E-state index contributed by atoms with van der Waals surface area (Å²) in [5, 5.41) is 2.87. The maximum absolute atomic E-state index is 12.3. The van der Waals surface area contributed by atoms with E-state index in [0.717, 1.165) is 12.0 Å². The maximum Gasteiger partial charge on any atom is 0.237 e. The first kappa shape index (κ1) is 27.0. The summed E-state index contributed by atoms with van der Waals surface area (Å²) < 4.78 is 11.7. The minimum Gasteiger partial charge on any atom is -0.490 e. The minimum atomic E-state index is -0.596. The maximum atomic E-state index is 12.3. The number of carbonyl (C=O) groups is 1. The summed E-state index contributed by atoms with van der Waals surface area (Å²) in [7, 11) is 0. The number of benzene rings is 1. The summed E-state index contributed by atoms with van der Waals surface area (Å²) in [6.45, 7) is 8.74. The van der Waals surface area contributed by atoms with Crippen molar-refractivity contribution in [1.82, 2.24) is 10.3 Å². The number of nitrogens with zero attached hydrogens (tertiary/aromatic N) is 1. The van der Waals surface area contributed by atoms with Crippen LogP contribution in [0.1, 0.15) is 39.7 Å². The average Bonchev–Trinajstić information content (AvgIpc) is 2.65. The Kier molecular flexibility index (Phi) is 11.7. The van der Waals surface area contributed by atoms with E-state index < -0.39 is 6.04 Å². The van der Waals surface area contributed by atoms with Crippen LogP contribution in [0.25, 0.3) is 0 Å². The van der Waals surface area contributed by atoms with E-state index in [1.807, 2.05) is 58.0 Å². The fraction of sp³-hybridized carbons (Fsp3) is 0.429. The van der Waals surface area contributed by atoms with E-state index in [2.05, 4.69) is 10.3 Å². The predicted octanol–water partition coefficient (Wildman–Crippen LogP) is 4.50. The SMILES string of the molecule is CCCOc1ccccc1Oc1ncccc1CNC(=O)[C@@H](N)C(C)(C)C.Cl.Cl. The molecule has 8 heteroatoms. The Hall–Kier alpha value is -2.02. The Balaban J connectivity index is 0.00000392. The molecule has 0 saturated carbocycles. The van der Waals surface area contributed by atoms with E-state index in [-0.39, 0.29) is 42.7 Å².